The first-order valence-corrected chi connectivity index (χ1v) is 12.9. The SMILES string of the molecule is O=P(O)(Oc1ccc(CCCCSc2nc(-c3ccc(Cl)cc3)n[nH]2)cc1Br)C(F)F. The molecule has 2 N–H and O–H groups in total. The largest absolute Gasteiger partial charge is 0.442 e. The minimum absolute atomic E-state index is 0.0905. The average Bonchev–Trinajstić information content (AvgIpc) is 3.19. The lowest BCUT2D eigenvalue weighted by molar-refractivity contribution is 0.188. The molecule has 3 rings (SSSR count). The minimum atomic E-state index is -4.99. The molecule has 1 heterocycles. The van der Waals surface area contributed by atoms with Gasteiger partial charge in [0.25, 0.3) is 0 Å². The summed E-state index contributed by atoms with van der Waals surface area (Å²) in [5.74, 6) is 1.37. The second kappa shape index (κ2) is 10.9. The first-order chi connectivity index (χ1) is 14.7. The Balaban J connectivity index is 1.43. The van der Waals surface area contributed by atoms with Crippen LogP contribution in [0, 0.1) is 0 Å². The van der Waals surface area contributed by atoms with E-state index in [1.807, 2.05) is 12.1 Å². The molecule has 0 aliphatic rings. The van der Waals surface area contributed by atoms with Crippen LogP contribution in [-0.2, 0) is 11.0 Å². The van der Waals surface area contributed by atoms with E-state index in [0.29, 0.717) is 15.3 Å². The van der Waals surface area contributed by atoms with Gasteiger partial charge in [-0.15, -0.1) is 0 Å². The molecule has 1 aromatic heterocycles. The van der Waals surface area contributed by atoms with Crippen molar-refractivity contribution in [3.8, 4) is 17.1 Å². The fourth-order valence-corrected chi connectivity index (χ4v) is 4.68. The number of unbranched alkanes of at least 4 members (excludes halogenated alkanes) is 1. The van der Waals surface area contributed by atoms with Crippen molar-refractivity contribution < 1.29 is 22.8 Å². The fourth-order valence-electron chi connectivity index (χ4n) is 2.59. The molecular formula is C19H18BrClF2N3O3PS. The Kier molecular flexibility index (Phi) is 8.52. The Morgan fingerprint density at radius 2 is 1.97 bits per heavy atom. The molecule has 0 aliphatic carbocycles. The number of rotatable bonds is 10. The van der Waals surface area contributed by atoms with Crippen LogP contribution in [0.3, 0.4) is 0 Å². The fraction of sp³-hybridized carbons (Fsp3) is 0.263. The number of aryl methyl sites for hydroxylation is 1. The molecule has 0 radical (unpaired) electrons. The van der Waals surface area contributed by atoms with Gasteiger partial charge < -0.3 is 9.42 Å². The molecule has 0 bridgehead atoms. The molecule has 1 atom stereocenters. The highest BCUT2D eigenvalue weighted by atomic mass is 79.9. The molecule has 0 spiro atoms. The molecule has 2 aromatic carbocycles. The number of nitrogens with zero attached hydrogens (tertiary/aromatic N) is 2. The zero-order valence-corrected chi connectivity index (χ0v) is 20.0. The van der Waals surface area contributed by atoms with Crippen molar-refractivity contribution in [1.29, 1.82) is 0 Å². The maximum Gasteiger partial charge on any atom is 0.442 e. The maximum atomic E-state index is 12.5. The number of hydrogen-bond donors (Lipinski definition) is 2. The molecule has 0 amide bonds. The van der Waals surface area contributed by atoms with Crippen molar-refractivity contribution in [2.45, 2.75) is 30.6 Å². The van der Waals surface area contributed by atoms with Gasteiger partial charge >= 0.3 is 13.8 Å². The third-order valence-electron chi connectivity index (χ3n) is 4.14. The van der Waals surface area contributed by atoms with E-state index in [9.17, 15) is 13.3 Å². The first-order valence-electron chi connectivity index (χ1n) is 9.14. The highest BCUT2D eigenvalue weighted by Gasteiger charge is 2.34. The van der Waals surface area contributed by atoms with Crippen molar-refractivity contribution in [2.75, 3.05) is 5.75 Å². The number of aromatic nitrogens is 3. The van der Waals surface area contributed by atoms with E-state index in [-0.39, 0.29) is 5.75 Å². The number of halogens is 4. The molecule has 0 saturated heterocycles. The van der Waals surface area contributed by atoms with Crippen LogP contribution in [0.1, 0.15) is 18.4 Å². The average molecular weight is 553 g/mol. The van der Waals surface area contributed by atoms with Crippen LogP contribution >= 0.6 is 46.9 Å². The molecule has 0 fully saturated rings. The Hall–Kier alpha value is -1.45. The summed E-state index contributed by atoms with van der Waals surface area (Å²) in [5.41, 5.74) is 1.84. The lowest BCUT2D eigenvalue weighted by atomic mass is 10.1. The zero-order valence-electron chi connectivity index (χ0n) is 16.0. The van der Waals surface area contributed by atoms with Gasteiger partial charge in [0.2, 0.25) is 0 Å². The van der Waals surface area contributed by atoms with E-state index in [4.69, 9.17) is 16.5 Å². The van der Waals surface area contributed by atoms with Gasteiger partial charge in [-0.05, 0) is 77.2 Å². The van der Waals surface area contributed by atoms with Gasteiger partial charge in [0, 0.05) is 16.3 Å². The third-order valence-corrected chi connectivity index (χ3v) is 6.91. The van der Waals surface area contributed by atoms with Crippen LogP contribution in [-0.4, -0.2) is 32.0 Å². The first kappa shape index (κ1) is 24.2. The smallest absolute Gasteiger partial charge is 0.420 e. The molecule has 12 heteroatoms. The third kappa shape index (κ3) is 7.02. The zero-order chi connectivity index (χ0) is 22.4. The molecule has 31 heavy (non-hydrogen) atoms. The van der Waals surface area contributed by atoms with E-state index in [1.165, 1.54) is 6.07 Å². The van der Waals surface area contributed by atoms with E-state index in [2.05, 4.69) is 35.6 Å². The second-order valence-electron chi connectivity index (χ2n) is 6.47. The monoisotopic (exact) mass is 551 g/mol. The van der Waals surface area contributed by atoms with Crippen LogP contribution in [0.15, 0.2) is 52.1 Å². The van der Waals surface area contributed by atoms with Crippen LogP contribution in [0.5, 0.6) is 5.75 Å². The number of hydrogen-bond acceptors (Lipinski definition) is 5. The van der Waals surface area contributed by atoms with Crippen molar-refractivity contribution in [1.82, 2.24) is 15.2 Å². The molecule has 3 aromatic rings. The molecule has 0 aliphatic heterocycles. The standard InChI is InChI=1S/C19H18BrClF2N3O3PS/c20-15-11-12(4-9-16(15)29-30(27,28)18(22)23)3-1-2-10-31-19-24-17(25-26-19)13-5-7-14(21)8-6-13/h4-9,11,18H,1-3,10H2,(H,27,28)(H,24,25,26). The van der Waals surface area contributed by atoms with Gasteiger partial charge in [0.15, 0.2) is 11.0 Å². The number of aromatic amines is 1. The number of thioether (sulfide) groups is 1. The lowest BCUT2D eigenvalue weighted by Gasteiger charge is -2.14. The summed E-state index contributed by atoms with van der Waals surface area (Å²) in [4.78, 5) is 13.6. The normalized spacial score (nSPS) is 13.4. The van der Waals surface area contributed by atoms with Gasteiger partial charge in [-0.2, -0.15) is 13.9 Å². The molecule has 0 saturated carbocycles. The summed E-state index contributed by atoms with van der Waals surface area (Å²) in [6.07, 6.45) is -0.872. The molecule has 6 nitrogen and oxygen atoms in total. The highest BCUT2D eigenvalue weighted by molar-refractivity contribution is 9.10. The summed E-state index contributed by atoms with van der Waals surface area (Å²) in [7, 11) is -4.99. The van der Waals surface area contributed by atoms with E-state index in [0.717, 1.165) is 41.3 Å². The summed E-state index contributed by atoms with van der Waals surface area (Å²) >= 11 is 10.7. The summed E-state index contributed by atoms with van der Waals surface area (Å²) < 4.78 is 41.2. The Labute approximate surface area is 195 Å². The number of H-pyrrole nitrogens is 1. The highest BCUT2D eigenvalue weighted by Crippen LogP contribution is 2.50. The van der Waals surface area contributed by atoms with Crippen molar-refractivity contribution in [2.24, 2.45) is 0 Å². The van der Waals surface area contributed by atoms with Crippen molar-refractivity contribution in [3.63, 3.8) is 0 Å². The summed E-state index contributed by atoms with van der Waals surface area (Å²) in [6, 6.07) is 12.1. The van der Waals surface area contributed by atoms with E-state index < -0.39 is 13.8 Å². The summed E-state index contributed by atoms with van der Waals surface area (Å²) in [5, 5.41) is 8.53. The van der Waals surface area contributed by atoms with Crippen molar-refractivity contribution >= 4 is 46.9 Å². The lowest BCUT2D eigenvalue weighted by Crippen LogP contribution is -2.01. The Morgan fingerprint density at radius 3 is 2.65 bits per heavy atom. The summed E-state index contributed by atoms with van der Waals surface area (Å²) in [6.45, 7) is 0. The quantitative estimate of drug-likeness (QED) is 0.164. The van der Waals surface area contributed by atoms with Crippen LogP contribution in [0.4, 0.5) is 8.78 Å². The molecule has 1 unspecified atom stereocenters. The van der Waals surface area contributed by atoms with E-state index in [1.54, 1.807) is 36.0 Å². The van der Waals surface area contributed by atoms with Gasteiger partial charge in [-0.25, -0.2) is 9.55 Å². The van der Waals surface area contributed by atoms with Gasteiger partial charge in [0.05, 0.1) is 4.47 Å². The number of nitrogens with one attached hydrogen (secondary N) is 1. The van der Waals surface area contributed by atoms with Gasteiger partial charge in [-0.3, -0.25) is 5.10 Å². The van der Waals surface area contributed by atoms with Gasteiger partial charge in [0.1, 0.15) is 5.75 Å². The van der Waals surface area contributed by atoms with Crippen LogP contribution < -0.4 is 4.52 Å². The molecular weight excluding hydrogens is 535 g/mol. The molecule has 166 valence electrons. The number of benzene rings is 2. The number of alkyl halides is 2. The minimum Gasteiger partial charge on any atom is -0.420 e. The Bertz CT molecular complexity index is 1070. The van der Waals surface area contributed by atoms with Crippen LogP contribution in [0.25, 0.3) is 11.4 Å². The topological polar surface area (TPSA) is 88.1 Å². The van der Waals surface area contributed by atoms with Gasteiger partial charge in [-0.1, -0.05) is 29.4 Å². The van der Waals surface area contributed by atoms with E-state index >= 15 is 0 Å². The maximum absolute atomic E-state index is 12.5. The predicted octanol–water partition coefficient (Wildman–Crippen LogP) is 6.79. The second-order valence-corrected chi connectivity index (χ2v) is 10.6. The predicted molar refractivity (Wildman–Crippen MR) is 121 cm³/mol. The van der Waals surface area contributed by atoms with Crippen molar-refractivity contribution in [3.05, 3.63) is 57.5 Å². The van der Waals surface area contributed by atoms with Crippen LogP contribution in [0.2, 0.25) is 5.02 Å². The Morgan fingerprint density at radius 1 is 1.23 bits per heavy atom.